The summed E-state index contributed by atoms with van der Waals surface area (Å²) in [7, 11) is 0. The van der Waals surface area contributed by atoms with E-state index in [-0.39, 0.29) is 55.4 Å². The minimum atomic E-state index is 0. The van der Waals surface area contributed by atoms with Gasteiger partial charge in [-0.1, -0.05) is 101 Å². The van der Waals surface area contributed by atoms with Crippen LogP contribution >= 0.6 is 0 Å². The van der Waals surface area contributed by atoms with Gasteiger partial charge in [-0.2, -0.15) is 0 Å². The number of hydrogen-bond acceptors (Lipinski definition) is 5. The summed E-state index contributed by atoms with van der Waals surface area (Å²) in [4.78, 5) is 0. The Morgan fingerprint density at radius 3 is 0.419 bits per heavy atom. The predicted molar refractivity (Wildman–Crippen MR) is 122 cm³/mol. The van der Waals surface area contributed by atoms with Crippen molar-refractivity contribution >= 4 is 0 Å². The van der Waals surface area contributed by atoms with Gasteiger partial charge in [0.15, 0.2) is 0 Å². The van der Waals surface area contributed by atoms with E-state index < -0.39 is 0 Å². The average molecular weight is 617 g/mol. The van der Waals surface area contributed by atoms with E-state index in [2.05, 4.69) is 69.2 Å². The average Bonchev–Trinajstić information content (AvgIpc) is 2.56. The summed E-state index contributed by atoms with van der Waals surface area (Å²) in [6.07, 6.45) is 4.10. The van der Waals surface area contributed by atoms with Gasteiger partial charge >= 0.3 is 22.4 Å². The fourth-order valence-electron chi connectivity index (χ4n) is 1.18. The Balaban J connectivity index is -0.0000000625. The molecule has 0 spiro atoms. The fraction of sp³-hybridized carbons (Fsp3) is 1.00. The largest absolute Gasteiger partial charge is 5.00 e. The molecule has 31 heavy (non-hydrogen) atoms. The second kappa shape index (κ2) is 40.9. The van der Waals surface area contributed by atoms with Gasteiger partial charge in [0.1, 0.15) is 0 Å². The molecule has 0 saturated heterocycles. The topological polar surface area (TPSA) is 115 Å². The fourth-order valence-corrected chi connectivity index (χ4v) is 1.18. The Morgan fingerprint density at radius 2 is 0.419 bits per heavy atom. The Morgan fingerprint density at radius 1 is 0.323 bits per heavy atom. The minimum Gasteiger partial charge on any atom is -0.854 e. The van der Waals surface area contributed by atoms with Crippen LogP contribution in [0.25, 0.3) is 0 Å². The molecule has 0 saturated carbocycles. The molecule has 0 radical (unpaired) electrons. The Labute approximate surface area is 211 Å². The molecule has 0 unspecified atom stereocenters. The first kappa shape index (κ1) is 45.1. The van der Waals surface area contributed by atoms with Gasteiger partial charge in [-0.3, -0.25) is 0 Å². The molecule has 0 aliphatic heterocycles. The Kier molecular flexibility index (Phi) is 59.4. The van der Waals surface area contributed by atoms with E-state index in [0.29, 0.717) is 29.6 Å². The molecule has 0 amide bonds. The van der Waals surface area contributed by atoms with Crippen molar-refractivity contribution in [2.24, 2.45) is 29.6 Å². The molecule has 0 aliphatic carbocycles. The molecule has 0 aromatic carbocycles. The molecular weight excluding hydrogens is 561 g/mol. The van der Waals surface area contributed by atoms with Crippen molar-refractivity contribution in [3.63, 3.8) is 0 Å². The maximum absolute atomic E-state index is 9.74. The maximum atomic E-state index is 9.74. The van der Waals surface area contributed by atoms with E-state index in [9.17, 15) is 25.5 Å². The molecular formula is C25H55O5Ta. The molecule has 0 rings (SSSR count). The van der Waals surface area contributed by atoms with Crippen LogP contribution in [0.3, 0.4) is 0 Å². The third kappa shape index (κ3) is 103. The van der Waals surface area contributed by atoms with Crippen LogP contribution in [0.4, 0.5) is 0 Å². The van der Waals surface area contributed by atoms with Gasteiger partial charge in [0.05, 0.1) is 0 Å². The smallest absolute Gasteiger partial charge is 0.854 e. The van der Waals surface area contributed by atoms with E-state index in [0.717, 1.165) is 32.1 Å². The molecule has 0 heterocycles. The summed E-state index contributed by atoms with van der Waals surface area (Å²) >= 11 is 0. The van der Waals surface area contributed by atoms with Crippen LogP contribution in [0.1, 0.15) is 101 Å². The van der Waals surface area contributed by atoms with Gasteiger partial charge < -0.3 is 25.5 Å². The molecule has 0 fully saturated rings. The van der Waals surface area contributed by atoms with Gasteiger partial charge in [0.2, 0.25) is 0 Å². The normalized spacial score (nSPS) is 9.68. The van der Waals surface area contributed by atoms with Gasteiger partial charge in [0, 0.05) is 0 Å². The molecule has 6 heteroatoms. The third-order valence-electron chi connectivity index (χ3n) is 3.48. The predicted octanol–water partition coefficient (Wildman–Crippen LogP) is 1.96. The van der Waals surface area contributed by atoms with E-state index >= 15 is 0 Å². The van der Waals surface area contributed by atoms with Crippen LogP contribution in [0.2, 0.25) is 0 Å². The second-order valence-electron chi connectivity index (χ2n) is 9.43. The summed E-state index contributed by atoms with van der Waals surface area (Å²) in [6, 6.07) is 0. The molecule has 0 aliphatic rings. The van der Waals surface area contributed by atoms with Gasteiger partial charge in [-0.15, -0.1) is 33.0 Å². The first-order valence-corrected chi connectivity index (χ1v) is 11.8. The zero-order chi connectivity index (χ0) is 25.0. The van der Waals surface area contributed by atoms with Crippen molar-refractivity contribution in [3.8, 4) is 0 Å². The Hall–Kier alpha value is 0.540. The zero-order valence-electron chi connectivity index (χ0n) is 22.4. The van der Waals surface area contributed by atoms with Crippen LogP contribution in [-0.4, -0.2) is 33.0 Å². The maximum Gasteiger partial charge on any atom is 5.00 e. The summed E-state index contributed by atoms with van der Waals surface area (Å²) in [6.45, 7) is 20.9. The zero-order valence-corrected chi connectivity index (χ0v) is 25.7. The standard InChI is InChI=1S/5C5H11O.Ta/c5*1-5(2)3-4-6;/h5*5H,3-4H2,1-2H3;/q5*-1;+5. The second-order valence-corrected chi connectivity index (χ2v) is 9.43. The van der Waals surface area contributed by atoms with E-state index in [1.54, 1.807) is 0 Å². The SMILES string of the molecule is CC(C)CC[O-].CC(C)CC[O-].CC(C)CC[O-].CC(C)CC[O-].CC(C)CC[O-].[Ta+5]. The number of rotatable bonds is 10. The third-order valence-corrected chi connectivity index (χ3v) is 3.48. The van der Waals surface area contributed by atoms with Crippen LogP contribution in [0, 0.1) is 29.6 Å². The van der Waals surface area contributed by atoms with Crippen LogP contribution in [-0.2, 0) is 22.4 Å². The van der Waals surface area contributed by atoms with Crippen LogP contribution in [0.15, 0.2) is 0 Å². The van der Waals surface area contributed by atoms with Crippen molar-refractivity contribution in [2.45, 2.75) is 101 Å². The van der Waals surface area contributed by atoms with E-state index in [1.807, 2.05) is 0 Å². The van der Waals surface area contributed by atoms with Crippen molar-refractivity contribution in [2.75, 3.05) is 33.0 Å². The first-order chi connectivity index (χ1) is 13.9. The van der Waals surface area contributed by atoms with Gasteiger partial charge in [-0.25, -0.2) is 0 Å². The summed E-state index contributed by atoms with van der Waals surface area (Å²) < 4.78 is 0. The molecule has 0 bridgehead atoms. The molecule has 0 aromatic rings. The van der Waals surface area contributed by atoms with Crippen molar-refractivity contribution in [1.82, 2.24) is 0 Å². The summed E-state index contributed by atoms with van der Waals surface area (Å²) in [5, 5.41) is 48.7. The van der Waals surface area contributed by atoms with Crippen molar-refractivity contribution < 1.29 is 47.9 Å². The Bertz CT molecular complexity index is 190. The molecule has 5 nitrogen and oxygen atoms in total. The van der Waals surface area contributed by atoms with E-state index in [1.165, 1.54) is 0 Å². The first-order valence-electron chi connectivity index (χ1n) is 11.8. The van der Waals surface area contributed by atoms with Gasteiger partial charge in [0.25, 0.3) is 0 Å². The summed E-state index contributed by atoms with van der Waals surface area (Å²) in [5.41, 5.74) is 0. The van der Waals surface area contributed by atoms with Crippen molar-refractivity contribution in [3.05, 3.63) is 0 Å². The monoisotopic (exact) mass is 616 g/mol. The summed E-state index contributed by atoms with van der Waals surface area (Å²) in [5.74, 6) is 2.93. The quantitative estimate of drug-likeness (QED) is 0.372. The minimum absolute atomic E-state index is 0. The van der Waals surface area contributed by atoms with Crippen molar-refractivity contribution in [1.29, 1.82) is 0 Å². The molecule has 0 N–H and O–H groups in total. The van der Waals surface area contributed by atoms with E-state index in [4.69, 9.17) is 0 Å². The van der Waals surface area contributed by atoms with Crippen LogP contribution < -0.4 is 25.5 Å². The van der Waals surface area contributed by atoms with Gasteiger partial charge in [-0.05, 0) is 29.6 Å². The van der Waals surface area contributed by atoms with Crippen LogP contribution in [0.5, 0.6) is 0 Å². The molecule has 0 aromatic heterocycles. The molecule has 0 atom stereocenters. The molecule has 190 valence electrons. The number of hydrogen-bond donors (Lipinski definition) is 0.